The van der Waals surface area contributed by atoms with E-state index in [1.807, 2.05) is 19.2 Å². The fourth-order valence-electron chi connectivity index (χ4n) is 1.93. The van der Waals surface area contributed by atoms with Crippen molar-refractivity contribution < 1.29 is 4.74 Å². The van der Waals surface area contributed by atoms with Crippen LogP contribution in [0.15, 0.2) is 18.3 Å². The number of nitrogens with zero attached hydrogens (tertiary/aromatic N) is 2. The molecule has 2 rings (SSSR count). The summed E-state index contributed by atoms with van der Waals surface area (Å²) in [4.78, 5) is 6.78. The first-order valence-electron chi connectivity index (χ1n) is 6.19. The minimum Gasteiger partial charge on any atom is -0.383 e. The molecule has 1 heterocycles. The standard InChI is InChI=1S/C13H21N3O/c1-10(14)11-5-6-15-13(9-11)16(7-8-17-2)12-3-4-12/h5-6,9-10,12H,3-4,7-8,14H2,1-2H3. The Morgan fingerprint density at radius 2 is 2.35 bits per heavy atom. The molecule has 0 amide bonds. The number of ether oxygens (including phenoxy) is 1. The fourth-order valence-corrected chi connectivity index (χ4v) is 1.93. The van der Waals surface area contributed by atoms with Crippen LogP contribution in [-0.2, 0) is 4.74 Å². The molecule has 0 aliphatic heterocycles. The lowest BCUT2D eigenvalue weighted by molar-refractivity contribution is 0.204. The van der Waals surface area contributed by atoms with E-state index in [2.05, 4.69) is 16.0 Å². The largest absolute Gasteiger partial charge is 0.383 e. The average molecular weight is 235 g/mol. The van der Waals surface area contributed by atoms with Crippen LogP contribution in [-0.4, -0.2) is 31.3 Å². The lowest BCUT2D eigenvalue weighted by Gasteiger charge is -2.23. The Bertz CT molecular complexity index is 363. The van der Waals surface area contributed by atoms with E-state index in [1.54, 1.807) is 7.11 Å². The first kappa shape index (κ1) is 12.3. The van der Waals surface area contributed by atoms with Crippen molar-refractivity contribution in [2.75, 3.05) is 25.2 Å². The molecule has 0 aromatic carbocycles. The highest BCUT2D eigenvalue weighted by Gasteiger charge is 2.29. The SMILES string of the molecule is COCCN(c1cc(C(C)N)ccn1)C1CC1. The highest BCUT2D eigenvalue weighted by molar-refractivity contribution is 5.44. The van der Waals surface area contributed by atoms with Crippen LogP contribution in [0.5, 0.6) is 0 Å². The van der Waals surface area contributed by atoms with Gasteiger partial charge in [0.25, 0.3) is 0 Å². The summed E-state index contributed by atoms with van der Waals surface area (Å²) in [6, 6.07) is 4.77. The van der Waals surface area contributed by atoms with E-state index in [-0.39, 0.29) is 6.04 Å². The average Bonchev–Trinajstić information content (AvgIpc) is 3.14. The second kappa shape index (κ2) is 5.47. The van der Waals surface area contributed by atoms with Crippen molar-refractivity contribution in [1.82, 2.24) is 4.98 Å². The van der Waals surface area contributed by atoms with Gasteiger partial charge in [-0.1, -0.05) is 0 Å². The van der Waals surface area contributed by atoms with E-state index in [1.165, 1.54) is 12.8 Å². The van der Waals surface area contributed by atoms with E-state index >= 15 is 0 Å². The van der Waals surface area contributed by atoms with Gasteiger partial charge in [-0.3, -0.25) is 0 Å². The number of methoxy groups -OCH3 is 1. The van der Waals surface area contributed by atoms with Gasteiger partial charge in [0.1, 0.15) is 5.82 Å². The van der Waals surface area contributed by atoms with Crippen molar-refractivity contribution in [3.63, 3.8) is 0 Å². The van der Waals surface area contributed by atoms with Gasteiger partial charge < -0.3 is 15.4 Å². The van der Waals surface area contributed by atoms with Gasteiger partial charge in [0.15, 0.2) is 0 Å². The van der Waals surface area contributed by atoms with Gasteiger partial charge in [-0.2, -0.15) is 0 Å². The summed E-state index contributed by atoms with van der Waals surface area (Å²) in [5.41, 5.74) is 7.04. The zero-order valence-corrected chi connectivity index (χ0v) is 10.6. The van der Waals surface area contributed by atoms with Gasteiger partial charge in [0.05, 0.1) is 6.61 Å². The predicted molar refractivity (Wildman–Crippen MR) is 69.1 cm³/mol. The first-order chi connectivity index (χ1) is 8.22. The van der Waals surface area contributed by atoms with Crippen LogP contribution in [0.3, 0.4) is 0 Å². The molecule has 1 aromatic rings. The smallest absolute Gasteiger partial charge is 0.129 e. The Morgan fingerprint density at radius 3 is 2.94 bits per heavy atom. The van der Waals surface area contributed by atoms with Gasteiger partial charge in [-0.25, -0.2) is 4.98 Å². The minimum absolute atomic E-state index is 0.0558. The summed E-state index contributed by atoms with van der Waals surface area (Å²) in [6.45, 7) is 3.63. The summed E-state index contributed by atoms with van der Waals surface area (Å²) >= 11 is 0. The molecule has 1 aliphatic carbocycles. The van der Waals surface area contributed by atoms with Gasteiger partial charge in [0.2, 0.25) is 0 Å². The van der Waals surface area contributed by atoms with Crippen molar-refractivity contribution in [2.24, 2.45) is 5.73 Å². The summed E-state index contributed by atoms with van der Waals surface area (Å²) in [7, 11) is 1.73. The van der Waals surface area contributed by atoms with Gasteiger partial charge in [0, 0.05) is 31.9 Å². The zero-order valence-electron chi connectivity index (χ0n) is 10.6. The highest BCUT2D eigenvalue weighted by atomic mass is 16.5. The number of rotatable bonds is 6. The molecule has 1 fully saturated rings. The summed E-state index contributed by atoms with van der Waals surface area (Å²) in [5, 5.41) is 0. The third-order valence-electron chi connectivity index (χ3n) is 3.11. The molecule has 4 nitrogen and oxygen atoms in total. The first-order valence-corrected chi connectivity index (χ1v) is 6.19. The Balaban J connectivity index is 2.14. The Kier molecular flexibility index (Phi) is 3.97. The predicted octanol–water partition coefficient (Wildman–Crippen LogP) is 1.72. The van der Waals surface area contributed by atoms with Crippen LogP contribution in [0.1, 0.15) is 31.4 Å². The number of hydrogen-bond donors (Lipinski definition) is 1. The number of nitrogens with two attached hydrogens (primary N) is 1. The van der Waals surface area contributed by atoms with Gasteiger partial charge in [-0.05, 0) is 37.5 Å². The molecule has 2 N–H and O–H groups in total. The molecule has 0 saturated heterocycles. The second-order valence-electron chi connectivity index (χ2n) is 4.65. The number of hydrogen-bond acceptors (Lipinski definition) is 4. The molecule has 94 valence electrons. The maximum atomic E-state index is 5.90. The Hall–Kier alpha value is -1.13. The summed E-state index contributed by atoms with van der Waals surface area (Å²) < 4.78 is 5.16. The quantitative estimate of drug-likeness (QED) is 0.815. The fraction of sp³-hybridized carbons (Fsp3) is 0.615. The van der Waals surface area contributed by atoms with E-state index in [9.17, 15) is 0 Å². The Morgan fingerprint density at radius 1 is 1.59 bits per heavy atom. The third kappa shape index (κ3) is 3.17. The molecule has 1 aromatic heterocycles. The van der Waals surface area contributed by atoms with Crippen LogP contribution in [0.25, 0.3) is 0 Å². The lowest BCUT2D eigenvalue weighted by atomic mass is 10.1. The maximum Gasteiger partial charge on any atom is 0.129 e. The van der Waals surface area contributed by atoms with E-state index < -0.39 is 0 Å². The topological polar surface area (TPSA) is 51.4 Å². The molecule has 1 aliphatic rings. The summed E-state index contributed by atoms with van der Waals surface area (Å²) in [5.74, 6) is 1.03. The van der Waals surface area contributed by atoms with Gasteiger partial charge >= 0.3 is 0 Å². The monoisotopic (exact) mass is 235 g/mol. The second-order valence-corrected chi connectivity index (χ2v) is 4.65. The van der Waals surface area contributed by atoms with Gasteiger partial charge in [-0.15, -0.1) is 0 Å². The Labute approximate surface area is 103 Å². The molecular weight excluding hydrogens is 214 g/mol. The third-order valence-corrected chi connectivity index (χ3v) is 3.11. The normalized spacial score (nSPS) is 16.9. The van der Waals surface area contributed by atoms with Crippen molar-refractivity contribution in [3.8, 4) is 0 Å². The molecule has 1 saturated carbocycles. The van der Waals surface area contributed by atoms with Crippen molar-refractivity contribution in [3.05, 3.63) is 23.9 Å². The van der Waals surface area contributed by atoms with Crippen LogP contribution in [0, 0.1) is 0 Å². The van der Waals surface area contributed by atoms with Crippen LogP contribution < -0.4 is 10.6 Å². The van der Waals surface area contributed by atoms with Crippen LogP contribution >= 0.6 is 0 Å². The van der Waals surface area contributed by atoms with Crippen molar-refractivity contribution in [2.45, 2.75) is 31.8 Å². The molecule has 0 bridgehead atoms. The van der Waals surface area contributed by atoms with E-state index in [0.29, 0.717) is 6.04 Å². The molecule has 0 radical (unpaired) electrons. The number of pyridine rings is 1. The van der Waals surface area contributed by atoms with Crippen molar-refractivity contribution in [1.29, 1.82) is 0 Å². The van der Waals surface area contributed by atoms with Crippen LogP contribution in [0.2, 0.25) is 0 Å². The summed E-state index contributed by atoms with van der Waals surface area (Å²) in [6.07, 6.45) is 4.36. The van der Waals surface area contributed by atoms with E-state index in [0.717, 1.165) is 24.5 Å². The molecule has 1 unspecified atom stereocenters. The molecule has 0 spiro atoms. The minimum atomic E-state index is 0.0558. The maximum absolute atomic E-state index is 5.90. The van der Waals surface area contributed by atoms with E-state index in [4.69, 9.17) is 10.5 Å². The molecule has 1 atom stereocenters. The van der Waals surface area contributed by atoms with Crippen molar-refractivity contribution >= 4 is 5.82 Å². The highest BCUT2D eigenvalue weighted by Crippen LogP contribution is 2.31. The lowest BCUT2D eigenvalue weighted by Crippen LogP contribution is -2.30. The molecule has 4 heteroatoms. The zero-order chi connectivity index (χ0) is 12.3. The number of aromatic nitrogens is 1. The number of anilines is 1. The molecular formula is C13H21N3O. The molecule has 17 heavy (non-hydrogen) atoms. The van der Waals surface area contributed by atoms with Crippen LogP contribution in [0.4, 0.5) is 5.82 Å².